The van der Waals surface area contributed by atoms with Gasteiger partial charge in [-0.1, -0.05) is 54.6 Å². The fraction of sp³-hybridized carbons (Fsp3) is 0.0667. The van der Waals surface area contributed by atoms with E-state index in [1.807, 2.05) is 24.3 Å². The summed E-state index contributed by atoms with van der Waals surface area (Å²) in [6.07, 6.45) is 4.26. The highest BCUT2D eigenvalue weighted by atomic mass is 35.5. The number of halogens is 1. The molecule has 0 aromatic heterocycles. The Hall–Kier alpha value is -1.73. The summed E-state index contributed by atoms with van der Waals surface area (Å²) in [6, 6.07) is 16.5. The second-order valence-electron chi connectivity index (χ2n) is 4.11. The average molecular weight is 242 g/mol. The molecular formula is C15H12ClN. The van der Waals surface area contributed by atoms with Gasteiger partial charge in [0.05, 0.1) is 12.2 Å². The lowest BCUT2D eigenvalue weighted by molar-refractivity contribution is 1.04. The van der Waals surface area contributed by atoms with Crippen molar-refractivity contribution in [2.45, 2.75) is 6.54 Å². The Balaban J connectivity index is 2.16. The first kappa shape index (κ1) is 10.4. The molecule has 0 saturated heterocycles. The topological polar surface area (TPSA) is 3.24 Å². The van der Waals surface area contributed by atoms with E-state index in [9.17, 15) is 0 Å². The highest BCUT2D eigenvalue weighted by molar-refractivity contribution is 6.26. The van der Waals surface area contributed by atoms with E-state index >= 15 is 0 Å². The number of para-hydroxylation sites is 1. The van der Waals surface area contributed by atoms with E-state index in [-0.39, 0.29) is 0 Å². The van der Waals surface area contributed by atoms with Gasteiger partial charge in [0.25, 0.3) is 0 Å². The molecule has 1 heterocycles. The molecule has 1 aliphatic rings. The smallest absolute Gasteiger partial charge is 0.0605 e. The quantitative estimate of drug-likeness (QED) is 0.621. The van der Waals surface area contributed by atoms with Gasteiger partial charge in [-0.15, -0.1) is 0 Å². The van der Waals surface area contributed by atoms with Crippen LogP contribution in [0.3, 0.4) is 0 Å². The van der Waals surface area contributed by atoms with Crippen LogP contribution < -0.4 is 4.42 Å². The monoisotopic (exact) mass is 241 g/mol. The predicted molar refractivity (Wildman–Crippen MR) is 73.8 cm³/mol. The van der Waals surface area contributed by atoms with Crippen molar-refractivity contribution in [1.29, 1.82) is 0 Å². The summed E-state index contributed by atoms with van der Waals surface area (Å²) in [5.74, 6) is 0. The van der Waals surface area contributed by atoms with Gasteiger partial charge in [0.15, 0.2) is 0 Å². The summed E-state index contributed by atoms with van der Waals surface area (Å²) in [4.78, 5) is 0. The normalized spacial score (nSPS) is 13.6. The third kappa shape index (κ3) is 1.94. The van der Waals surface area contributed by atoms with Gasteiger partial charge in [-0.25, -0.2) is 0 Å². The van der Waals surface area contributed by atoms with Crippen LogP contribution >= 0.6 is 11.8 Å². The maximum absolute atomic E-state index is 6.35. The molecule has 0 unspecified atom stereocenters. The minimum absolute atomic E-state index is 0.721. The largest absolute Gasteiger partial charge is 0.280 e. The van der Waals surface area contributed by atoms with Gasteiger partial charge in [-0.05, 0) is 22.8 Å². The van der Waals surface area contributed by atoms with Gasteiger partial charge < -0.3 is 0 Å². The van der Waals surface area contributed by atoms with Crippen molar-refractivity contribution in [2.24, 2.45) is 0 Å². The van der Waals surface area contributed by atoms with Crippen LogP contribution in [0.4, 0.5) is 5.69 Å². The molecule has 2 heteroatoms. The van der Waals surface area contributed by atoms with Crippen LogP contribution in [0.25, 0.3) is 12.2 Å². The van der Waals surface area contributed by atoms with Crippen molar-refractivity contribution >= 4 is 29.6 Å². The lowest BCUT2D eigenvalue weighted by Crippen LogP contribution is -2.12. The molecule has 0 aliphatic carbocycles. The fourth-order valence-electron chi connectivity index (χ4n) is 2.10. The summed E-state index contributed by atoms with van der Waals surface area (Å²) in [7, 11) is 0. The molecule has 0 fully saturated rings. The van der Waals surface area contributed by atoms with E-state index in [1.54, 1.807) is 4.42 Å². The van der Waals surface area contributed by atoms with E-state index in [0.717, 1.165) is 17.8 Å². The minimum atomic E-state index is 0.721. The third-order valence-corrected chi connectivity index (χ3v) is 3.31. The summed E-state index contributed by atoms with van der Waals surface area (Å²) in [5.41, 5.74) is 4.68. The maximum Gasteiger partial charge on any atom is 0.0605 e. The number of hydrogen-bond acceptors (Lipinski definition) is 1. The molecule has 0 bridgehead atoms. The van der Waals surface area contributed by atoms with Crippen LogP contribution in [0.15, 0.2) is 48.5 Å². The molecule has 1 nitrogen and oxygen atoms in total. The Bertz CT molecular complexity index is 575. The molecule has 84 valence electrons. The molecule has 2 aromatic rings. The molecule has 3 rings (SSSR count). The molecular weight excluding hydrogens is 230 g/mol. The summed E-state index contributed by atoms with van der Waals surface area (Å²) < 4.78 is 1.78. The molecule has 17 heavy (non-hydrogen) atoms. The second kappa shape index (κ2) is 4.27. The third-order valence-electron chi connectivity index (χ3n) is 3.00. The van der Waals surface area contributed by atoms with E-state index in [2.05, 4.69) is 36.4 Å². The zero-order chi connectivity index (χ0) is 11.7. The highest BCUT2D eigenvalue weighted by Crippen LogP contribution is 2.29. The van der Waals surface area contributed by atoms with Crippen LogP contribution in [0.2, 0.25) is 0 Å². The SMILES string of the molecule is ClN1Cc2ccccc2C=Cc2ccccc21. The van der Waals surface area contributed by atoms with Crippen molar-refractivity contribution in [3.63, 3.8) is 0 Å². The zero-order valence-electron chi connectivity index (χ0n) is 9.31. The Kier molecular flexibility index (Phi) is 2.62. The van der Waals surface area contributed by atoms with Crippen LogP contribution in [-0.4, -0.2) is 0 Å². The highest BCUT2D eigenvalue weighted by Gasteiger charge is 2.12. The average Bonchev–Trinajstić information content (AvgIpc) is 2.36. The first-order chi connectivity index (χ1) is 8.34. The van der Waals surface area contributed by atoms with Crippen molar-refractivity contribution in [1.82, 2.24) is 0 Å². The Morgan fingerprint density at radius 2 is 1.47 bits per heavy atom. The van der Waals surface area contributed by atoms with Crippen LogP contribution in [0.1, 0.15) is 16.7 Å². The Morgan fingerprint density at radius 1 is 0.824 bits per heavy atom. The van der Waals surface area contributed by atoms with Gasteiger partial charge in [0.1, 0.15) is 0 Å². The van der Waals surface area contributed by atoms with Crippen molar-refractivity contribution in [3.05, 3.63) is 65.2 Å². The number of anilines is 1. The maximum atomic E-state index is 6.35. The molecule has 0 atom stereocenters. The van der Waals surface area contributed by atoms with Gasteiger partial charge >= 0.3 is 0 Å². The van der Waals surface area contributed by atoms with Gasteiger partial charge in [-0.3, -0.25) is 4.42 Å². The summed E-state index contributed by atoms with van der Waals surface area (Å²) in [5, 5.41) is 0. The lowest BCUT2D eigenvalue weighted by Gasteiger charge is -2.21. The predicted octanol–water partition coefficient (Wildman–Crippen LogP) is 4.33. The van der Waals surface area contributed by atoms with E-state index in [4.69, 9.17) is 11.8 Å². The first-order valence-electron chi connectivity index (χ1n) is 5.63. The van der Waals surface area contributed by atoms with Crippen molar-refractivity contribution < 1.29 is 0 Å². The number of rotatable bonds is 0. The van der Waals surface area contributed by atoms with Crippen molar-refractivity contribution in [2.75, 3.05) is 4.42 Å². The molecule has 2 aromatic carbocycles. The van der Waals surface area contributed by atoms with Gasteiger partial charge in [0, 0.05) is 11.8 Å². The molecule has 0 radical (unpaired) electrons. The molecule has 0 amide bonds. The van der Waals surface area contributed by atoms with Crippen molar-refractivity contribution in [3.8, 4) is 0 Å². The molecule has 0 N–H and O–H groups in total. The Morgan fingerprint density at radius 3 is 2.35 bits per heavy atom. The van der Waals surface area contributed by atoms with E-state index in [1.165, 1.54) is 11.1 Å². The van der Waals surface area contributed by atoms with Gasteiger partial charge in [0.2, 0.25) is 0 Å². The number of hydrogen-bond donors (Lipinski definition) is 0. The van der Waals surface area contributed by atoms with E-state index < -0.39 is 0 Å². The second-order valence-corrected chi connectivity index (χ2v) is 4.52. The van der Waals surface area contributed by atoms with E-state index in [0.29, 0.717) is 0 Å². The summed E-state index contributed by atoms with van der Waals surface area (Å²) in [6.45, 7) is 0.721. The van der Waals surface area contributed by atoms with Crippen LogP contribution in [0.5, 0.6) is 0 Å². The molecule has 0 spiro atoms. The zero-order valence-corrected chi connectivity index (χ0v) is 10.1. The fourth-order valence-corrected chi connectivity index (χ4v) is 2.39. The van der Waals surface area contributed by atoms with Gasteiger partial charge in [-0.2, -0.15) is 0 Å². The number of nitrogens with zero attached hydrogens (tertiary/aromatic N) is 1. The van der Waals surface area contributed by atoms with Crippen LogP contribution in [-0.2, 0) is 6.54 Å². The summed E-state index contributed by atoms with van der Waals surface area (Å²) >= 11 is 6.35. The van der Waals surface area contributed by atoms with Crippen LogP contribution in [0, 0.1) is 0 Å². The number of benzene rings is 2. The lowest BCUT2D eigenvalue weighted by atomic mass is 10.0. The minimum Gasteiger partial charge on any atom is -0.280 e. The molecule has 0 saturated carbocycles. The Labute approximate surface area is 106 Å². The standard InChI is InChI=1S/C15H12ClN/c16-17-11-14-7-2-1-5-12(14)9-10-13-6-3-4-8-15(13)17/h1-10H,11H2. The first-order valence-corrected chi connectivity index (χ1v) is 5.97. The molecule has 1 aliphatic heterocycles. The number of fused-ring (bicyclic) bond motifs is 2.